The number of hydrogen-bond donors (Lipinski definition) is 7. The Morgan fingerprint density at radius 3 is 1.24 bits per heavy atom. The van der Waals surface area contributed by atoms with Crippen molar-refractivity contribution in [2.45, 2.75) is 132 Å². The molecule has 91 heavy (non-hydrogen) atoms. The number of rotatable bonds is 15. The van der Waals surface area contributed by atoms with E-state index in [4.69, 9.17) is 41.0 Å². The molecule has 0 aliphatic carbocycles. The number of H-pyrrole nitrogens is 3. The molecule has 0 aliphatic heterocycles. The molecule has 30 heteroatoms. The van der Waals surface area contributed by atoms with Crippen LogP contribution in [0.5, 0.6) is 17.2 Å². The lowest BCUT2D eigenvalue weighted by molar-refractivity contribution is 0.0509. The number of nitrogen functional groups attached to an aromatic ring is 1. The third-order valence-corrected chi connectivity index (χ3v) is 22.0. The second kappa shape index (κ2) is 28.3. The number of nitrogens with two attached hydrogens (primary N) is 1. The van der Waals surface area contributed by atoms with Gasteiger partial charge in [-0.15, -0.1) is 0 Å². The molecule has 0 fully saturated rings. The Bertz CT molecular complexity index is 4510. The van der Waals surface area contributed by atoms with Crippen LogP contribution in [0.15, 0.2) is 87.9 Å². The number of ether oxygens (including phenoxy) is 5. The van der Waals surface area contributed by atoms with Gasteiger partial charge in [-0.3, -0.25) is 30.2 Å². The largest absolute Gasteiger partial charge is 0.495 e. The summed E-state index contributed by atoms with van der Waals surface area (Å²) in [5.41, 5.74) is 11.6. The molecule has 0 saturated heterocycles. The van der Waals surface area contributed by atoms with E-state index in [-0.39, 0.29) is 50.8 Å². The number of aromatic nitrogens is 9. The summed E-state index contributed by atoms with van der Waals surface area (Å²) in [6.07, 6.45) is 4.79. The number of methoxy groups -OCH3 is 3. The smallest absolute Gasteiger partial charge is 0.356 e. The van der Waals surface area contributed by atoms with Crippen molar-refractivity contribution >= 4 is 115 Å². The number of benzene rings is 3. The summed E-state index contributed by atoms with van der Waals surface area (Å²) in [7, 11) is -6.57. The predicted octanol–water partition coefficient (Wildman–Crippen LogP) is 10.8. The quantitative estimate of drug-likeness (QED) is 0.0469. The highest BCUT2D eigenvalue weighted by Crippen LogP contribution is 2.41. The number of nitrogens with one attached hydrogen (secondary N) is 5. The molecule has 26 nitrogen and oxygen atoms in total. The highest BCUT2D eigenvalue weighted by Gasteiger charge is 2.37. The molecule has 490 valence electrons. The van der Waals surface area contributed by atoms with Gasteiger partial charge in [0.05, 0.1) is 94.0 Å². The van der Waals surface area contributed by atoms with Crippen molar-refractivity contribution in [1.29, 1.82) is 0 Å². The van der Waals surface area contributed by atoms with Crippen LogP contribution in [0, 0.1) is 20.8 Å². The number of nitrogens with zero attached hydrogens (tertiary/aromatic N) is 6. The summed E-state index contributed by atoms with van der Waals surface area (Å²) in [4.78, 5) is 36.4. The minimum Gasteiger partial charge on any atom is -0.495 e. The van der Waals surface area contributed by atoms with Crippen molar-refractivity contribution in [3.05, 3.63) is 112 Å². The van der Waals surface area contributed by atoms with Gasteiger partial charge in [-0.1, -0.05) is 11.6 Å². The summed E-state index contributed by atoms with van der Waals surface area (Å²) < 4.78 is 101. The number of fused-ring (bicyclic) bond motifs is 3. The average Bonchev–Trinajstić information content (AvgIpc) is 1.47. The molecular formula is C61H77ClN12O14S3. The fraction of sp³-hybridized carbons (Fsp3) is 0.377. The zero-order valence-corrected chi connectivity index (χ0v) is 56.9. The molecule has 3 aromatic carbocycles. The van der Waals surface area contributed by atoms with Crippen LogP contribution in [-0.4, -0.2) is 137 Å². The van der Waals surface area contributed by atoms with Gasteiger partial charge in [0.2, 0.25) is 0 Å². The number of esters is 2. The van der Waals surface area contributed by atoms with Gasteiger partial charge in [0.25, 0.3) is 0 Å². The third kappa shape index (κ3) is 15.2. The first kappa shape index (κ1) is 71.4. The molecule has 6 heterocycles. The number of carbonyl (C=O) groups excluding carboxylic acids is 2. The van der Waals surface area contributed by atoms with E-state index in [0.717, 1.165) is 5.56 Å². The van der Waals surface area contributed by atoms with E-state index < -0.39 is 55.7 Å². The molecule has 9 rings (SSSR count). The fourth-order valence-corrected chi connectivity index (χ4v) is 12.7. The maximum absolute atomic E-state index is 13.2. The summed E-state index contributed by atoms with van der Waals surface area (Å²) in [5, 5.41) is 37.9. The van der Waals surface area contributed by atoms with E-state index in [1.165, 1.54) is 27.4 Å². The van der Waals surface area contributed by atoms with Crippen LogP contribution >= 0.6 is 11.6 Å². The van der Waals surface area contributed by atoms with Gasteiger partial charge >= 0.3 is 11.9 Å². The lowest BCUT2D eigenvalue weighted by Crippen LogP contribution is -2.28. The second-order valence-corrected chi connectivity index (χ2v) is 31.5. The molecule has 0 unspecified atom stereocenters. The Morgan fingerprint density at radius 1 is 0.538 bits per heavy atom. The van der Waals surface area contributed by atoms with E-state index in [2.05, 4.69) is 56.2 Å². The molecule has 0 bridgehead atoms. The van der Waals surface area contributed by atoms with Gasteiger partial charge in [-0.05, 0) is 133 Å². The zero-order chi connectivity index (χ0) is 67.9. The zero-order valence-electron chi connectivity index (χ0n) is 53.7. The molecule has 0 saturated carbocycles. The maximum Gasteiger partial charge on any atom is 0.356 e. The molecule has 0 spiro atoms. The van der Waals surface area contributed by atoms with E-state index in [1.54, 1.807) is 157 Å². The Morgan fingerprint density at radius 2 is 0.890 bits per heavy atom. The van der Waals surface area contributed by atoms with Crippen LogP contribution in [0.2, 0.25) is 5.02 Å². The number of anilines is 5. The monoisotopic (exact) mass is 1330 g/mol. The van der Waals surface area contributed by atoms with E-state index >= 15 is 0 Å². The predicted molar refractivity (Wildman–Crippen MR) is 349 cm³/mol. The summed E-state index contributed by atoms with van der Waals surface area (Å²) in [6, 6.07) is 14.6. The first-order chi connectivity index (χ1) is 42.4. The first-order valence-electron chi connectivity index (χ1n) is 28.1. The van der Waals surface area contributed by atoms with Crippen LogP contribution < -0.4 is 30.6 Å². The second-order valence-electron chi connectivity index (χ2n) is 23.1. The molecule has 0 atom stereocenters. The van der Waals surface area contributed by atoms with E-state index in [0.29, 0.717) is 95.7 Å². The number of sulfone groups is 3. The number of aliphatic hydroxyl groups excluding tert-OH is 1. The molecule has 0 aliphatic rings. The van der Waals surface area contributed by atoms with E-state index in [9.17, 15) is 39.9 Å². The Labute approximate surface area is 533 Å². The topological polar surface area (TPSA) is 378 Å². The number of carbonyl (C=O) groups is 2. The van der Waals surface area contributed by atoms with Crippen molar-refractivity contribution in [2.75, 3.05) is 50.9 Å². The first-order valence-corrected chi connectivity index (χ1v) is 33.0. The minimum absolute atomic E-state index is 0.0806. The lowest BCUT2D eigenvalue weighted by atomic mass is 10.1. The summed E-state index contributed by atoms with van der Waals surface area (Å²) in [6.45, 7) is 24.0. The maximum atomic E-state index is 13.2. The Kier molecular flexibility index (Phi) is 22.2. The molecule has 8 N–H and O–H groups in total. The van der Waals surface area contributed by atoms with Crippen molar-refractivity contribution in [2.24, 2.45) is 0 Å². The molecule has 9 aromatic rings. The number of hydrogen-bond acceptors (Lipinski definition) is 23. The van der Waals surface area contributed by atoms with E-state index in [1.807, 2.05) is 6.92 Å². The highest BCUT2D eigenvalue weighted by molar-refractivity contribution is 7.93. The third-order valence-electron chi connectivity index (χ3n) is 14.1. The van der Waals surface area contributed by atoms with Gasteiger partial charge < -0.3 is 45.2 Å². The van der Waals surface area contributed by atoms with Gasteiger partial charge in [-0.2, -0.15) is 15.3 Å². The SMILES string of the molecule is CCOC(=O)c1[nH]nc(N)c1C.CCOC(=O)c1[nH]nc(Nc2ccnc3cc(OC)c(S(=O)(=O)C(C)(C)C)cc23)c1C.COc1cc2nccc(Cl)c2cc1S(=O)(=O)C(C)(C)C.COc1cc2nccc(Nc3n[nH]c(CO)c3C)c2cc1S(=O)(=O)C(C)(C)C. The van der Waals surface area contributed by atoms with Crippen LogP contribution in [0.3, 0.4) is 0 Å². The molecule has 0 amide bonds. The van der Waals surface area contributed by atoms with Crippen molar-refractivity contribution in [3.8, 4) is 17.2 Å². The van der Waals surface area contributed by atoms with Crippen LogP contribution in [-0.2, 0) is 45.6 Å². The molecule has 6 aromatic heterocycles. The minimum atomic E-state index is -3.69. The normalized spacial score (nSPS) is 12.0. The number of aromatic amines is 3. The Hall–Kier alpha value is -8.64. The summed E-state index contributed by atoms with van der Waals surface area (Å²) >= 11 is 6.11. The van der Waals surface area contributed by atoms with Crippen LogP contribution in [0.4, 0.5) is 28.8 Å². The number of halogens is 1. The van der Waals surface area contributed by atoms with Gasteiger partial charge in [-0.25, -0.2) is 34.8 Å². The van der Waals surface area contributed by atoms with Crippen LogP contribution in [0.25, 0.3) is 32.7 Å². The Balaban J connectivity index is 0.000000202. The molecular weight excluding hydrogens is 1260 g/mol. The van der Waals surface area contributed by atoms with Gasteiger partial charge in [0.1, 0.15) is 49.1 Å². The van der Waals surface area contributed by atoms with Crippen molar-refractivity contribution in [3.63, 3.8) is 0 Å². The fourth-order valence-electron chi connectivity index (χ4n) is 8.44. The number of aliphatic hydroxyl groups is 1. The van der Waals surface area contributed by atoms with Crippen molar-refractivity contribution < 1.29 is 63.6 Å². The molecule has 0 radical (unpaired) electrons. The number of pyridine rings is 3. The van der Waals surface area contributed by atoms with Crippen LogP contribution in [0.1, 0.15) is 120 Å². The van der Waals surface area contributed by atoms with Gasteiger partial charge in [0.15, 0.2) is 41.1 Å². The van der Waals surface area contributed by atoms with Crippen molar-refractivity contribution in [1.82, 2.24) is 45.5 Å². The lowest BCUT2D eigenvalue weighted by Gasteiger charge is -2.21. The highest BCUT2D eigenvalue weighted by atomic mass is 35.5. The summed E-state index contributed by atoms with van der Waals surface area (Å²) in [5.74, 6) is 1.15. The average molecular weight is 1330 g/mol. The van der Waals surface area contributed by atoms with Gasteiger partial charge in [0, 0.05) is 69.6 Å². The standard InChI is InChI=1S/C21H26N4O5S.C19H24N4O4S.C14H16ClNO3S.C7H11N3O2/c1-7-30-20(26)18-12(2)19(25-24-18)23-14-8-9-22-15-11-16(29-6)17(10-13(14)15)31(27,28)21(3,4)5;1-11-15(10-24)22-23-18(11)21-13-6-7-20-14-9-16(27-5)17(8-12(13)14)28(25,26)19(2,3)4;1-14(2,3)20(17,18)13-7-9-10(15)5-6-16-11(9)8-12(13)19-4;1-3-12-7(11)5-4(2)6(8)10-9-5/h8-11H,7H2,1-6H3,(H2,22,23,24,25);6-9,24H,10H2,1-5H3,(H2,20,21,22,23);5-8H,1-4H3;3H2,1-2H3,(H3,8,9,10).